The molecule has 2 N–H and O–H groups in total. The van der Waals surface area contributed by atoms with E-state index in [-0.39, 0.29) is 23.7 Å². The average Bonchev–Trinajstić information content (AvgIpc) is 2.46. The van der Waals surface area contributed by atoms with E-state index in [0.717, 1.165) is 25.3 Å². The summed E-state index contributed by atoms with van der Waals surface area (Å²) in [6.45, 7) is 5.59. The van der Waals surface area contributed by atoms with Crippen molar-refractivity contribution < 1.29 is 13.9 Å². The van der Waals surface area contributed by atoms with E-state index in [1.54, 1.807) is 6.92 Å². The van der Waals surface area contributed by atoms with Gasteiger partial charge in [0.25, 0.3) is 0 Å². The van der Waals surface area contributed by atoms with E-state index >= 15 is 0 Å². The third-order valence-electron chi connectivity index (χ3n) is 3.97. The quantitative estimate of drug-likeness (QED) is 0.878. The zero-order valence-electron chi connectivity index (χ0n) is 12.6. The third kappa shape index (κ3) is 3.81. The van der Waals surface area contributed by atoms with Gasteiger partial charge in [-0.2, -0.15) is 0 Å². The fraction of sp³-hybridized carbons (Fsp3) is 0.667. The largest absolute Gasteiger partial charge is 0.393 e. The normalized spacial score (nSPS) is 17.9. The third-order valence-corrected chi connectivity index (χ3v) is 3.97. The van der Waals surface area contributed by atoms with Crippen LogP contribution in [0.5, 0.6) is 0 Å². The number of aromatic nitrogens is 1. The molecular weight excluding hydrogens is 276 g/mol. The SMILES string of the molecule is CCCNc1nc(N2CCC(C(C)O)CC2)c(F)cc1F. The van der Waals surface area contributed by atoms with E-state index in [1.807, 2.05) is 11.8 Å². The van der Waals surface area contributed by atoms with Crippen LogP contribution in [0.25, 0.3) is 0 Å². The van der Waals surface area contributed by atoms with E-state index in [1.165, 1.54) is 0 Å². The van der Waals surface area contributed by atoms with Crippen molar-refractivity contribution in [3.63, 3.8) is 0 Å². The van der Waals surface area contributed by atoms with E-state index in [0.29, 0.717) is 19.6 Å². The summed E-state index contributed by atoms with van der Waals surface area (Å²) in [6, 6.07) is 0.890. The topological polar surface area (TPSA) is 48.4 Å². The van der Waals surface area contributed by atoms with E-state index in [4.69, 9.17) is 0 Å². The standard InChI is InChI=1S/C15H23F2N3O/c1-3-6-18-14-12(16)9-13(17)15(19-14)20-7-4-11(5-8-20)10(2)21/h9-11,21H,3-8H2,1-2H3,(H,18,19). The Morgan fingerprint density at radius 3 is 2.62 bits per heavy atom. The number of hydrogen-bond donors (Lipinski definition) is 2. The summed E-state index contributed by atoms with van der Waals surface area (Å²) in [7, 11) is 0. The highest BCUT2D eigenvalue weighted by Crippen LogP contribution is 2.28. The van der Waals surface area contributed by atoms with Crippen molar-refractivity contribution in [2.75, 3.05) is 29.9 Å². The number of rotatable bonds is 5. The molecule has 4 nitrogen and oxygen atoms in total. The molecule has 0 spiro atoms. The molecule has 0 bridgehead atoms. The highest BCUT2D eigenvalue weighted by molar-refractivity contribution is 5.49. The van der Waals surface area contributed by atoms with E-state index < -0.39 is 11.6 Å². The first-order valence-electron chi connectivity index (χ1n) is 7.55. The van der Waals surface area contributed by atoms with Crippen LogP contribution in [0.3, 0.4) is 0 Å². The molecule has 1 aliphatic heterocycles. The Morgan fingerprint density at radius 1 is 1.38 bits per heavy atom. The minimum Gasteiger partial charge on any atom is -0.393 e. The second-order valence-electron chi connectivity index (χ2n) is 5.62. The molecular formula is C15H23F2N3O. The Balaban J connectivity index is 2.12. The fourth-order valence-corrected chi connectivity index (χ4v) is 2.64. The molecule has 1 aromatic rings. The van der Waals surface area contributed by atoms with Crippen molar-refractivity contribution in [1.82, 2.24) is 4.98 Å². The molecule has 1 saturated heterocycles. The van der Waals surface area contributed by atoms with Crippen molar-refractivity contribution in [1.29, 1.82) is 0 Å². The Morgan fingerprint density at radius 2 is 2.05 bits per heavy atom. The van der Waals surface area contributed by atoms with E-state index in [9.17, 15) is 13.9 Å². The summed E-state index contributed by atoms with van der Waals surface area (Å²) in [5, 5.41) is 12.5. The summed E-state index contributed by atoms with van der Waals surface area (Å²) >= 11 is 0. The Bertz CT molecular complexity index is 474. The van der Waals surface area contributed by atoms with Gasteiger partial charge in [0.1, 0.15) is 0 Å². The van der Waals surface area contributed by atoms with Gasteiger partial charge >= 0.3 is 0 Å². The van der Waals surface area contributed by atoms with E-state index in [2.05, 4.69) is 10.3 Å². The van der Waals surface area contributed by atoms with Gasteiger partial charge in [0.15, 0.2) is 23.3 Å². The average molecular weight is 299 g/mol. The maximum atomic E-state index is 14.0. The van der Waals surface area contributed by atoms with Gasteiger partial charge in [-0.1, -0.05) is 6.92 Å². The maximum absolute atomic E-state index is 14.0. The molecule has 0 amide bonds. The second kappa shape index (κ2) is 7.02. The van der Waals surface area contributed by atoms with Gasteiger partial charge < -0.3 is 15.3 Å². The van der Waals surface area contributed by atoms with Crippen LogP contribution in [0, 0.1) is 17.6 Å². The van der Waals surface area contributed by atoms with Gasteiger partial charge in [-0.3, -0.25) is 0 Å². The summed E-state index contributed by atoms with van der Waals surface area (Å²) in [5.41, 5.74) is 0. The molecule has 2 heterocycles. The van der Waals surface area contributed by atoms with Crippen molar-refractivity contribution in [2.24, 2.45) is 5.92 Å². The molecule has 1 unspecified atom stereocenters. The molecule has 0 aliphatic carbocycles. The number of halogens is 2. The number of piperidine rings is 1. The van der Waals surface area contributed by atoms with Gasteiger partial charge in [-0.25, -0.2) is 13.8 Å². The van der Waals surface area contributed by atoms with Crippen LogP contribution >= 0.6 is 0 Å². The predicted octanol–water partition coefficient (Wildman–Crippen LogP) is 2.78. The number of hydrogen-bond acceptors (Lipinski definition) is 4. The van der Waals surface area contributed by atoms with Crippen LogP contribution in [-0.2, 0) is 0 Å². The zero-order chi connectivity index (χ0) is 15.4. The molecule has 6 heteroatoms. The predicted molar refractivity (Wildman–Crippen MR) is 79.6 cm³/mol. The molecule has 1 fully saturated rings. The highest BCUT2D eigenvalue weighted by Gasteiger charge is 2.25. The van der Waals surface area contributed by atoms with Crippen molar-refractivity contribution in [3.05, 3.63) is 17.7 Å². The minimum atomic E-state index is -0.663. The van der Waals surface area contributed by atoms with Gasteiger partial charge in [0.05, 0.1) is 6.10 Å². The fourth-order valence-electron chi connectivity index (χ4n) is 2.64. The number of aliphatic hydroxyl groups is 1. The number of pyridine rings is 1. The molecule has 1 atom stereocenters. The monoisotopic (exact) mass is 299 g/mol. The molecule has 118 valence electrons. The number of anilines is 2. The summed E-state index contributed by atoms with van der Waals surface area (Å²) < 4.78 is 27.6. The number of aliphatic hydroxyl groups excluding tert-OH is 1. The summed E-state index contributed by atoms with van der Waals surface area (Å²) in [5.74, 6) is -0.763. The van der Waals surface area contributed by atoms with Crippen LogP contribution < -0.4 is 10.2 Å². The van der Waals surface area contributed by atoms with Gasteiger partial charge in [-0.05, 0) is 32.1 Å². The van der Waals surface area contributed by atoms with Crippen LogP contribution in [0.4, 0.5) is 20.4 Å². The molecule has 1 aliphatic rings. The van der Waals surface area contributed by atoms with Crippen LogP contribution in [0.1, 0.15) is 33.1 Å². The molecule has 0 radical (unpaired) electrons. The maximum Gasteiger partial charge on any atom is 0.168 e. The zero-order valence-corrected chi connectivity index (χ0v) is 12.6. The second-order valence-corrected chi connectivity index (χ2v) is 5.62. The molecule has 0 aromatic carbocycles. The molecule has 2 rings (SSSR count). The lowest BCUT2D eigenvalue weighted by Gasteiger charge is -2.34. The lowest BCUT2D eigenvalue weighted by molar-refractivity contribution is 0.109. The Kier molecular flexibility index (Phi) is 5.33. The van der Waals surface area contributed by atoms with Crippen LogP contribution in [0.15, 0.2) is 6.07 Å². The first-order chi connectivity index (χ1) is 10.0. The smallest absolute Gasteiger partial charge is 0.168 e. The van der Waals surface area contributed by atoms with Crippen molar-refractivity contribution in [3.8, 4) is 0 Å². The first kappa shape index (κ1) is 15.9. The molecule has 1 aromatic heterocycles. The Labute approximate surface area is 124 Å². The molecule has 0 saturated carbocycles. The Hall–Kier alpha value is -1.43. The van der Waals surface area contributed by atoms with Gasteiger partial charge in [0, 0.05) is 25.7 Å². The first-order valence-corrected chi connectivity index (χ1v) is 7.55. The lowest BCUT2D eigenvalue weighted by Crippen LogP contribution is -2.38. The molecule has 21 heavy (non-hydrogen) atoms. The van der Waals surface area contributed by atoms with Gasteiger partial charge in [0.2, 0.25) is 0 Å². The minimum absolute atomic E-state index is 0.103. The van der Waals surface area contributed by atoms with Crippen LogP contribution in [-0.4, -0.2) is 35.8 Å². The van der Waals surface area contributed by atoms with Crippen LogP contribution in [0.2, 0.25) is 0 Å². The summed E-state index contributed by atoms with van der Waals surface area (Å²) in [4.78, 5) is 5.93. The number of nitrogens with zero attached hydrogens (tertiary/aromatic N) is 2. The number of nitrogens with one attached hydrogen (secondary N) is 1. The van der Waals surface area contributed by atoms with Crippen molar-refractivity contribution in [2.45, 2.75) is 39.2 Å². The lowest BCUT2D eigenvalue weighted by atomic mass is 9.92. The van der Waals surface area contributed by atoms with Crippen molar-refractivity contribution >= 4 is 11.6 Å². The van der Waals surface area contributed by atoms with Gasteiger partial charge in [-0.15, -0.1) is 0 Å². The highest BCUT2D eigenvalue weighted by atomic mass is 19.1. The summed E-state index contributed by atoms with van der Waals surface area (Å²) in [6.07, 6.45) is 2.06.